The van der Waals surface area contributed by atoms with Crippen LogP contribution in [0.3, 0.4) is 0 Å². The fourth-order valence-electron chi connectivity index (χ4n) is 4.87. The van der Waals surface area contributed by atoms with Gasteiger partial charge < -0.3 is 5.73 Å². The summed E-state index contributed by atoms with van der Waals surface area (Å²) >= 11 is 1.75. The Morgan fingerprint density at radius 3 is 2.40 bits per heavy atom. The van der Waals surface area contributed by atoms with Crippen LogP contribution in [0.5, 0.6) is 0 Å². The van der Waals surface area contributed by atoms with Crippen LogP contribution in [-0.4, -0.2) is 38.5 Å². The summed E-state index contributed by atoms with van der Waals surface area (Å²) in [6.07, 6.45) is 7.65. The smallest absolute Gasteiger partial charge is 0.173 e. The molecular formula is C23H38N6S. The molecule has 1 saturated carbocycles. The van der Waals surface area contributed by atoms with E-state index in [1.165, 1.54) is 23.3 Å². The van der Waals surface area contributed by atoms with Gasteiger partial charge >= 0.3 is 0 Å². The second-order valence-electron chi connectivity index (χ2n) is 10.4. The molecule has 1 aliphatic carbocycles. The molecule has 1 aliphatic rings. The molecule has 7 heteroatoms. The van der Waals surface area contributed by atoms with Gasteiger partial charge in [-0.05, 0) is 72.9 Å². The zero-order valence-electron chi connectivity index (χ0n) is 19.4. The van der Waals surface area contributed by atoms with E-state index in [-0.39, 0.29) is 29.1 Å². The molecule has 0 amide bonds. The number of nitrogens with zero attached hydrogens (tertiary/aromatic N) is 4. The van der Waals surface area contributed by atoms with E-state index in [0.29, 0.717) is 0 Å². The van der Waals surface area contributed by atoms with E-state index >= 15 is 0 Å². The number of nitrogens with one attached hydrogen (secondary N) is 1. The van der Waals surface area contributed by atoms with Crippen molar-refractivity contribution in [2.75, 3.05) is 6.26 Å². The van der Waals surface area contributed by atoms with Crippen molar-refractivity contribution in [1.29, 1.82) is 0 Å². The lowest BCUT2D eigenvalue weighted by Gasteiger charge is -2.36. The number of hydrogen-bond donors (Lipinski definition) is 2. The van der Waals surface area contributed by atoms with E-state index in [1.807, 2.05) is 4.68 Å². The zero-order chi connectivity index (χ0) is 21.9. The van der Waals surface area contributed by atoms with Gasteiger partial charge in [0.25, 0.3) is 0 Å². The molecule has 30 heavy (non-hydrogen) atoms. The average Bonchev–Trinajstić information content (AvgIpc) is 3.16. The van der Waals surface area contributed by atoms with Gasteiger partial charge in [-0.15, -0.1) is 16.9 Å². The molecular weight excluding hydrogens is 392 g/mol. The fourth-order valence-corrected chi connectivity index (χ4v) is 5.28. The fraction of sp³-hybridized carbons (Fsp3) is 0.696. The highest BCUT2D eigenvalue weighted by molar-refractivity contribution is 7.98. The Balaban J connectivity index is 1.99. The minimum Gasteiger partial charge on any atom is -0.326 e. The number of thioether (sulfide) groups is 1. The normalized spacial score (nSPS) is 21.6. The molecule has 0 saturated heterocycles. The van der Waals surface area contributed by atoms with Gasteiger partial charge in [-0.3, -0.25) is 5.32 Å². The van der Waals surface area contributed by atoms with Gasteiger partial charge in [0.15, 0.2) is 5.82 Å². The molecule has 0 radical (unpaired) electrons. The van der Waals surface area contributed by atoms with Gasteiger partial charge in [-0.1, -0.05) is 45.7 Å². The number of rotatable bonds is 7. The summed E-state index contributed by atoms with van der Waals surface area (Å²) in [5.74, 6) is 0.860. The molecule has 1 aromatic heterocycles. The molecule has 1 fully saturated rings. The number of nitrogens with two attached hydrogens (primary N) is 1. The lowest BCUT2D eigenvalue weighted by molar-refractivity contribution is 0.186. The Morgan fingerprint density at radius 2 is 1.80 bits per heavy atom. The Morgan fingerprint density at radius 1 is 1.13 bits per heavy atom. The minimum absolute atomic E-state index is 0.0932. The predicted molar refractivity (Wildman–Crippen MR) is 125 cm³/mol. The molecule has 166 valence electrons. The first-order valence-corrected chi connectivity index (χ1v) is 12.3. The van der Waals surface area contributed by atoms with E-state index in [1.54, 1.807) is 11.8 Å². The van der Waals surface area contributed by atoms with Crippen molar-refractivity contribution in [2.24, 2.45) is 11.1 Å². The molecule has 3 rings (SSSR count). The summed E-state index contributed by atoms with van der Waals surface area (Å²) in [7, 11) is 0. The van der Waals surface area contributed by atoms with Crippen LogP contribution in [0.1, 0.15) is 84.2 Å². The molecule has 0 aliphatic heterocycles. The molecule has 6 nitrogen and oxygen atoms in total. The van der Waals surface area contributed by atoms with Crippen molar-refractivity contribution in [2.45, 2.75) is 95.3 Å². The summed E-state index contributed by atoms with van der Waals surface area (Å²) in [5, 5.41) is 16.9. The van der Waals surface area contributed by atoms with E-state index in [9.17, 15) is 0 Å². The lowest BCUT2D eigenvalue weighted by atomic mass is 9.81. The van der Waals surface area contributed by atoms with E-state index in [0.717, 1.165) is 25.1 Å². The van der Waals surface area contributed by atoms with Crippen molar-refractivity contribution >= 4 is 11.8 Å². The van der Waals surface area contributed by atoms with Crippen LogP contribution in [0.4, 0.5) is 0 Å². The monoisotopic (exact) mass is 430 g/mol. The van der Waals surface area contributed by atoms with Crippen molar-refractivity contribution in [3.05, 3.63) is 35.7 Å². The molecule has 0 bridgehead atoms. The van der Waals surface area contributed by atoms with Gasteiger partial charge in [0, 0.05) is 17.0 Å². The van der Waals surface area contributed by atoms with E-state index < -0.39 is 0 Å². The van der Waals surface area contributed by atoms with Gasteiger partial charge in [0.05, 0.1) is 11.6 Å². The zero-order valence-corrected chi connectivity index (χ0v) is 20.2. The van der Waals surface area contributed by atoms with Gasteiger partial charge in [-0.25, -0.2) is 4.68 Å². The highest BCUT2D eigenvalue weighted by atomic mass is 32.2. The molecule has 1 aromatic carbocycles. The largest absolute Gasteiger partial charge is 0.326 e. The molecule has 1 heterocycles. The van der Waals surface area contributed by atoms with Crippen molar-refractivity contribution in [3.8, 4) is 0 Å². The van der Waals surface area contributed by atoms with Gasteiger partial charge in [0.2, 0.25) is 0 Å². The molecule has 2 aromatic rings. The van der Waals surface area contributed by atoms with Crippen LogP contribution in [0.15, 0.2) is 29.2 Å². The van der Waals surface area contributed by atoms with Crippen LogP contribution in [0, 0.1) is 5.41 Å². The Labute approximate surface area is 185 Å². The maximum Gasteiger partial charge on any atom is 0.173 e. The van der Waals surface area contributed by atoms with Crippen molar-refractivity contribution < 1.29 is 0 Å². The Bertz CT molecular complexity index is 808. The molecule has 0 spiro atoms. The van der Waals surface area contributed by atoms with E-state index in [4.69, 9.17) is 5.73 Å². The summed E-state index contributed by atoms with van der Waals surface area (Å²) in [6, 6.07) is 9.05. The van der Waals surface area contributed by atoms with Crippen molar-refractivity contribution in [1.82, 2.24) is 25.5 Å². The minimum atomic E-state index is -0.203. The van der Waals surface area contributed by atoms with Crippen molar-refractivity contribution in [3.63, 3.8) is 0 Å². The first-order valence-electron chi connectivity index (χ1n) is 11.0. The number of hydrogen-bond acceptors (Lipinski definition) is 6. The maximum absolute atomic E-state index is 6.49. The number of benzene rings is 1. The highest BCUT2D eigenvalue weighted by Crippen LogP contribution is 2.34. The first kappa shape index (κ1) is 23.2. The Kier molecular flexibility index (Phi) is 7.25. The quantitative estimate of drug-likeness (QED) is 0.629. The maximum atomic E-state index is 6.49. The third-order valence-electron chi connectivity index (χ3n) is 5.94. The van der Waals surface area contributed by atoms with E-state index in [2.05, 4.69) is 86.0 Å². The van der Waals surface area contributed by atoms with Crippen LogP contribution < -0.4 is 11.1 Å². The lowest BCUT2D eigenvalue weighted by Crippen LogP contribution is -2.49. The standard InChI is InChI=1S/C23H38N6S/c1-22(2,3)15-23(4,5)29-21(26-27-28-29)20(16-11-13-17(30-6)14-12-16)25-19-10-8-7-9-18(19)24/h11-14,18-20,25H,7-10,15,24H2,1-6H3. The number of tetrazole rings is 1. The summed E-state index contributed by atoms with van der Waals surface area (Å²) in [6.45, 7) is 11.2. The third kappa shape index (κ3) is 5.62. The van der Waals surface area contributed by atoms with Crippen LogP contribution in [0.25, 0.3) is 0 Å². The molecule has 3 atom stereocenters. The highest BCUT2D eigenvalue weighted by Gasteiger charge is 2.35. The van der Waals surface area contributed by atoms with Crippen LogP contribution in [0.2, 0.25) is 0 Å². The summed E-state index contributed by atoms with van der Waals surface area (Å²) < 4.78 is 2.02. The first-order chi connectivity index (χ1) is 14.1. The summed E-state index contributed by atoms with van der Waals surface area (Å²) in [4.78, 5) is 1.25. The molecule has 3 unspecified atom stereocenters. The SMILES string of the molecule is CSc1ccc(C(NC2CCCCC2N)c2nnnn2C(C)(C)CC(C)(C)C)cc1. The van der Waals surface area contributed by atoms with Gasteiger partial charge in [0.1, 0.15) is 0 Å². The molecule has 3 N–H and O–H groups in total. The predicted octanol–water partition coefficient (Wildman–Crippen LogP) is 4.52. The van der Waals surface area contributed by atoms with Crippen LogP contribution >= 0.6 is 11.8 Å². The topological polar surface area (TPSA) is 81.7 Å². The second-order valence-corrected chi connectivity index (χ2v) is 11.3. The van der Waals surface area contributed by atoms with Crippen LogP contribution in [-0.2, 0) is 5.54 Å². The number of aromatic nitrogens is 4. The third-order valence-corrected chi connectivity index (χ3v) is 6.68. The second kappa shape index (κ2) is 9.37. The van der Waals surface area contributed by atoms with Gasteiger partial charge in [-0.2, -0.15) is 0 Å². The Hall–Kier alpha value is -1.44. The summed E-state index contributed by atoms with van der Waals surface area (Å²) in [5.41, 5.74) is 7.63. The average molecular weight is 431 g/mol.